The van der Waals surface area contributed by atoms with E-state index in [0.29, 0.717) is 30.6 Å². The lowest BCUT2D eigenvalue weighted by Gasteiger charge is -2.29. The Hall–Kier alpha value is -2.04. The molecule has 0 radical (unpaired) electrons. The Morgan fingerprint density at radius 1 is 1.17 bits per heavy atom. The Kier molecular flexibility index (Phi) is 5.84. The summed E-state index contributed by atoms with van der Waals surface area (Å²) in [5.74, 6) is 1.73. The van der Waals surface area contributed by atoms with E-state index in [4.69, 9.17) is 4.74 Å². The highest BCUT2D eigenvalue weighted by Crippen LogP contribution is 2.61. The molecular formula is C24H34N2O3. The molecule has 2 N–H and O–H groups in total. The number of carbonyl (C=O) groups is 2. The maximum Gasteiger partial charge on any atom is 0.220 e. The SMILES string of the molecule is COc1ccc(C[C@@]2(CCC(=O)NC[C@@H]3CC34CCCCC4)CCC(=O)N2)cc1. The molecule has 29 heavy (non-hydrogen) atoms. The molecule has 1 aromatic carbocycles. The number of amides is 2. The highest BCUT2D eigenvalue weighted by Gasteiger charge is 2.53. The van der Waals surface area contributed by atoms with Crippen LogP contribution >= 0.6 is 0 Å². The maximum atomic E-state index is 12.5. The molecule has 1 aromatic rings. The second kappa shape index (κ2) is 8.37. The van der Waals surface area contributed by atoms with Gasteiger partial charge in [-0.05, 0) is 67.6 Å². The number of hydrogen-bond donors (Lipinski definition) is 2. The number of ether oxygens (including phenoxy) is 1. The number of methoxy groups -OCH3 is 1. The van der Waals surface area contributed by atoms with Crippen LogP contribution in [0.5, 0.6) is 5.75 Å². The zero-order valence-electron chi connectivity index (χ0n) is 17.6. The molecule has 1 spiro atoms. The van der Waals surface area contributed by atoms with Crippen molar-refractivity contribution in [3.05, 3.63) is 29.8 Å². The van der Waals surface area contributed by atoms with Gasteiger partial charge in [0.15, 0.2) is 0 Å². The van der Waals surface area contributed by atoms with E-state index >= 15 is 0 Å². The van der Waals surface area contributed by atoms with Crippen molar-refractivity contribution in [2.75, 3.05) is 13.7 Å². The Morgan fingerprint density at radius 3 is 2.59 bits per heavy atom. The first-order valence-corrected chi connectivity index (χ1v) is 11.2. The third-order valence-corrected chi connectivity index (χ3v) is 7.52. The molecule has 1 aliphatic heterocycles. The Balaban J connectivity index is 1.28. The third kappa shape index (κ3) is 4.76. The zero-order chi connectivity index (χ0) is 20.3. The van der Waals surface area contributed by atoms with Crippen molar-refractivity contribution in [3.8, 4) is 5.75 Å². The summed E-state index contributed by atoms with van der Waals surface area (Å²) in [6.45, 7) is 0.830. The van der Waals surface area contributed by atoms with E-state index in [9.17, 15) is 9.59 Å². The van der Waals surface area contributed by atoms with Crippen molar-refractivity contribution in [1.82, 2.24) is 10.6 Å². The predicted molar refractivity (Wildman–Crippen MR) is 113 cm³/mol. The summed E-state index contributed by atoms with van der Waals surface area (Å²) in [6, 6.07) is 7.98. The topological polar surface area (TPSA) is 67.4 Å². The summed E-state index contributed by atoms with van der Waals surface area (Å²) in [7, 11) is 1.66. The number of rotatable bonds is 8. The molecule has 0 unspecified atom stereocenters. The summed E-state index contributed by atoms with van der Waals surface area (Å²) in [4.78, 5) is 24.5. The summed E-state index contributed by atoms with van der Waals surface area (Å²) in [5, 5.41) is 6.35. The van der Waals surface area contributed by atoms with Crippen LogP contribution in [-0.4, -0.2) is 31.0 Å². The smallest absolute Gasteiger partial charge is 0.220 e. The van der Waals surface area contributed by atoms with Crippen molar-refractivity contribution in [1.29, 1.82) is 0 Å². The Morgan fingerprint density at radius 2 is 1.93 bits per heavy atom. The number of hydrogen-bond acceptors (Lipinski definition) is 3. The molecule has 0 bridgehead atoms. The fourth-order valence-electron chi connectivity index (χ4n) is 5.58. The van der Waals surface area contributed by atoms with Gasteiger partial charge in [0.05, 0.1) is 7.11 Å². The first-order valence-electron chi connectivity index (χ1n) is 11.2. The van der Waals surface area contributed by atoms with Crippen molar-refractivity contribution in [2.24, 2.45) is 11.3 Å². The van der Waals surface area contributed by atoms with Crippen molar-refractivity contribution >= 4 is 11.8 Å². The summed E-state index contributed by atoms with van der Waals surface area (Å²) in [6.07, 6.45) is 11.3. The van der Waals surface area contributed by atoms with Gasteiger partial charge in [-0.25, -0.2) is 0 Å². The van der Waals surface area contributed by atoms with Gasteiger partial charge in [0.1, 0.15) is 5.75 Å². The fraction of sp³-hybridized carbons (Fsp3) is 0.667. The van der Waals surface area contributed by atoms with Crippen LogP contribution in [0.4, 0.5) is 0 Å². The standard InChI is InChI=1S/C24H34N2O3/c1-29-20-7-5-18(6-8-20)15-24(14-10-22(28)26-24)13-9-21(27)25-17-19-16-23(19)11-3-2-4-12-23/h5-8,19H,2-4,9-17H2,1H3,(H,25,27)(H,26,28)/t19-,24+/m0/s1. The average molecular weight is 399 g/mol. The number of carbonyl (C=O) groups excluding carboxylic acids is 2. The van der Waals surface area contributed by atoms with Crippen LogP contribution in [0.25, 0.3) is 0 Å². The molecule has 2 atom stereocenters. The lowest BCUT2D eigenvalue weighted by molar-refractivity contribution is -0.122. The predicted octanol–water partition coefficient (Wildman–Crippen LogP) is 3.75. The molecule has 2 aliphatic carbocycles. The number of benzene rings is 1. The molecule has 5 nitrogen and oxygen atoms in total. The molecule has 2 saturated carbocycles. The van der Waals surface area contributed by atoms with Crippen molar-refractivity contribution in [3.63, 3.8) is 0 Å². The molecular weight excluding hydrogens is 364 g/mol. The van der Waals surface area contributed by atoms with Gasteiger partial charge in [-0.15, -0.1) is 0 Å². The van der Waals surface area contributed by atoms with Gasteiger partial charge < -0.3 is 15.4 Å². The van der Waals surface area contributed by atoms with Crippen LogP contribution in [0, 0.1) is 11.3 Å². The van der Waals surface area contributed by atoms with Gasteiger partial charge in [-0.2, -0.15) is 0 Å². The minimum Gasteiger partial charge on any atom is -0.497 e. The second-order valence-corrected chi connectivity index (χ2v) is 9.48. The Bertz CT molecular complexity index is 739. The highest BCUT2D eigenvalue weighted by atomic mass is 16.5. The molecule has 0 aromatic heterocycles. The van der Waals surface area contributed by atoms with Crippen LogP contribution in [0.15, 0.2) is 24.3 Å². The molecule has 3 fully saturated rings. The van der Waals surface area contributed by atoms with Crippen LogP contribution in [-0.2, 0) is 16.0 Å². The summed E-state index contributed by atoms with van der Waals surface area (Å²) < 4.78 is 5.23. The second-order valence-electron chi connectivity index (χ2n) is 9.48. The van der Waals surface area contributed by atoms with Gasteiger partial charge in [0, 0.05) is 24.9 Å². The lowest BCUT2D eigenvalue weighted by Crippen LogP contribution is -2.44. The van der Waals surface area contributed by atoms with E-state index in [0.717, 1.165) is 30.7 Å². The van der Waals surface area contributed by atoms with Gasteiger partial charge in [0.25, 0.3) is 0 Å². The minimum absolute atomic E-state index is 0.0936. The van der Waals surface area contributed by atoms with Crippen LogP contribution in [0.2, 0.25) is 0 Å². The Labute approximate surface area is 174 Å². The van der Waals surface area contributed by atoms with E-state index < -0.39 is 0 Å². The van der Waals surface area contributed by atoms with Gasteiger partial charge >= 0.3 is 0 Å². The minimum atomic E-state index is -0.312. The van der Waals surface area contributed by atoms with Crippen LogP contribution in [0.3, 0.4) is 0 Å². The summed E-state index contributed by atoms with van der Waals surface area (Å²) in [5.41, 5.74) is 1.40. The van der Waals surface area contributed by atoms with Crippen LogP contribution < -0.4 is 15.4 Å². The van der Waals surface area contributed by atoms with Crippen molar-refractivity contribution in [2.45, 2.75) is 76.2 Å². The molecule has 5 heteroatoms. The van der Waals surface area contributed by atoms with E-state index in [1.54, 1.807) is 7.11 Å². The summed E-state index contributed by atoms with van der Waals surface area (Å²) >= 11 is 0. The number of nitrogens with one attached hydrogen (secondary N) is 2. The third-order valence-electron chi connectivity index (χ3n) is 7.52. The van der Waals surface area contributed by atoms with Gasteiger partial charge in [-0.1, -0.05) is 31.4 Å². The highest BCUT2D eigenvalue weighted by molar-refractivity contribution is 5.80. The van der Waals surface area contributed by atoms with Gasteiger partial charge in [0.2, 0.25) is 11.8 Å². The van der Waals surface area contributed by atoms with Gasteiger partial charge in [-0.3, -0.25) is 9.59 Å². The fourth-order valence-corrected chi connectivity index (χ4v) is 5.58. The van der Waals surface area contributed by atoms with E-state index in [-0.39, 0.29) is 17.4 Å². The van der Waals surface area contributed by atoms with E-state index in [2.05, 4.69) is 10.6 Å². The maximum absolute atomic E-state index is 12.5. The molecule has 1 heterocycles. The largest absolute Gasteiger partial charge is 0.497 e. The van der Waals surface area contributed by atoms with E-state index in [1.165, 1.54) is 38.5 Å². The van der Waals surface area contributed by atoms with E-state index in [1.807, 2.05) is 24.3 Å². The zero-order valence-corrected chi connectivity index (χ0v) is 17.6. The lowest BCUT2D eigenvalue weighted by atomic mass is 9.84. The molecule has 2 amide bonds. The monoisotopic (exact) mass is 398 g/mol. The molecule has 1 saturated heterocycles. The van der Waals surface area contributed by atoms with Crippen molar-refractivity contribution < 1.29 is 14.3 Å². The van der Waals surface area contributed by atoms with Crippen LogP contribution in [0.1, 0.15) is 69.8 Å². The first kappa shape index (κ1) is 20.2. The average Bonchev–Trinajstić information content (AvgIpc) is 3.26. The normalized spacial score (nSPS) is 27.5. The quantitative estimate of drug-likeness (QED) is 0.701. The molecule has 158 valence electrons. The molecule has 4 rings (SSSR count). The molecule has 3 aliphatic rings. The first-order chi connectivity index (χ1) is 14.0.